The number of rotatable bonds is 5. The topological polar surface area (TPSA) is 49.3 Å². The van der Waals surface area contributed by atoms with E-state index in [1.165, 1.54) is 0 Å². The van der Waals surface area contributed by atoms with Gasteiger partial charge in [0.2, 0.25) is 0 Å². The van der Waals surface area contributed by atoms with E-state index in [0.29, 0.717) is 23.1 Å². The second-order valence-corrected chi connectivity index (χ2v) is 5.10. The molecule has 0 saturated carbocycles. The Bertz CT molecular complexity index is 615. The van der Waals surface area contributed by atoms with Crippen LogP contribution < -0.4 is 17.7 Å². The van der Waals surface area contributed by atoms with E-state index < -0.39 is 5.97 Å². The lowest BCUT2D eigenvalue weighted by Gasteiger charge is -2.08. The van der Waals surface area contributed by atoms with Crippen LogP contribution in [0.1, 0.15) is 21.5 Å². The minimum Gasteiger partial charge on any atom is -1.00 e. The molecule has 0 bridgehead atoms. The van der Waals surface area contributed by atoms with E-state index >= 15 is 0 Å². The SMILES string of the molecule is O=C(O)c1ccc(CNCc2cccc(Cl)c2Cl)cc1.[Cl-]. The van der Waals surface area contributed by atoms with Crippen molar-refractivity contribution >= 4 is 29.2 Å². The van der Waals surface area contributed by atoms with E-state index in [0.717, 1.165) is 11.1 Å². The van der Waals surface area contributed by atoms with Crippen LogP contribution in [-0.2, 0) is 13.1 Å². The lowest BCUT2D eigenvalue weighted by Crippen LogP contribution is -3.00. The van der Waals surface area contributed by atoms with Crippen LogP contribution in [0.2, 0.25) is 10.0 Å². The van der Waals surface area contributed by atoms with E-state index in [-0.39, 0.29) is 18.0 Å². The third kappa shape index (κ3) is 4.90. The fourth-order valence-electron chi connectivity index (χ4n) is 1.79. The van der Waals surface area contributed by atoms with Gasteiger partial charge in [0.05, 0.1) is 15.6 Å². The second-order valence-electron chi connectivity index (χ2n) is 4.32. The Labute approximate surface area is 139 Å². The van der Waals surface area contributed by atoms with Crippen molar-refractivity contribution in [3.63, 3.8) is 0 Å². The summed E-state index contributed by atoms with van der Waals surface area (Å²) in [5, 5.41) is 13.2. The molecule has 0 atom stereocenters. The molecule has 0 amide bonds. The predicted octanol–water partition coefficient (Wildman–Crippen LogP) is 0.985. The van der Waals surface area contributed by atoms with Crippen molar-refractivity contribution < 1.29 is 22.3 Å². The fraction of sp³-hybridized carbons (Fsp3) is 0.133. The summed E-state index contributed by atoms with van der Waals surface area (Å²) in [7, 11) is 0. The Morgan fingerprint density at radius 1 is 1.05 bits per heavy atom. The van der Waals surface area contributed by atoms with Crippen molar-refractivity contribution in [3.8, 4) is 0 Å². The van der Waals surface area contributed by atoms with Crippen molar-refractivity contribution in [3.05, 3.63) is 69.2 Å². The van der Waals surface area contributed by atoms with Gasteiger partial charge in [0.1, 0.15) is 0 Å². The van der Waals surface area contributed by atoms with Gasteiger partial charge in [0, 0.05) is 13.1 Å². The Morgan fingerprint density at radius 3 is 2.33 bits per heavy atom. The molecule has 0 fully saturated rings. The van der Waals surface area contributed by atoms with Gasteiger partial charge < -0.3 is 22.8 Å². The van der Waals surface area contributed by atoms with E-state index in [1.807, 2.05) is 12.1 Å². The monoisotopic (exact) mass is 344 g/mol. The highest BCUT2D eigenvalue weighted by molar-refractivity contribution is 6.42. The smallest absolute Gasteiger partial charge is 0.335 e. The quantitative estimate of drug-likeness (QED) is 0.849. The number of hydrogen-bond donors (Lipinski definition) is 2. The molecule has 0 unspecified atom stereocenters. The molecule has 0 saturated heterocycles. The van der Waals surface area contributed by atoms with E-state index in [4.69, 9.17) is 28.3 Å². The minimum absolute atomic E-state index is 0. The molecule has 21 heavy (non-hydrogen) atoms. The van der Waals surface area contributed by atoms with Crippen molar-refractivity contribution in [2.75, 3.05) is 0 Å². The summed E-state index contributed by atoms with van der Waals surface area (Å²) in [6.45, 7) is 1.23. The number of aromatic carboxylic acids is 1. The minimum atomic E-state index is -0.921. The predicted molar refractivity (Wildman–Crippen MR) is 80.4 cm³/mol. The fourth-order valence-corrected chi connectivity index (χ4v) is 2.18. The molecule has 2 aromatic rings. The Balaban J connectivity index is 0.00000220. The van der Waals surface area contributed by atoms with Gasteiger partial charge in [-0.3, -0.25) is 0 Å². The summed E-state index contributed by atoms with van der Waals surface area (Å²) in [4.78, 5) is 10.7. The molecule has 2 aromatic carbocycles. The van der Waals surface area contributed by atoms with E-state index in [9.17, 15) is 4.79 Å². The number of hydrogen-bond acceptors (Lipinski definition) is 2. The van der Waals surface area contributed by atoms with Gasteiger partial charge in [0.15, 0.2) is 0 Å². The maximum atomic E-state index is 10.7. The Hall–Kier alpha value is -1.26. The molecular weight excluding hydrogens is 333 g/mol. The van der Waals surface area contributed by atoms with Crippen LogP contribution in [0, 0.1) is 0 Å². The number of carbonyl (C=O) groups is 1. The maximum absolute atomic E-state index is 10.7. The van der Waals surface area contributed by atoms with Crippen LogP contribution in [-0.4, -0.2) is 11.1 Å². The lowest BCUT2D eigenvalue weighted by molar-refractivity contribution is -0.0000194. The molecule has 2 rings (SSSR count). The second kappa shape index (κ2) is 8.25. The summed E-state index contributed by atoms with van der Waals surface area (Å²) in [6.07, 6.45) is 0. The summed E-state index contributed by atoms with van der Waals surface area (Å²) < 4.78 is 0. The van der Waals surface area contributed by atoms with Crippen LogP contribution in [0.15, 0.2) is 42.5 Å². The largest absolute Gasteiger partial charge is 1.00 e. The van der Waals surface area contributed by atoms with Gasteiger partial charge in [-0.05, 0) is 29.3 Å². The third-order valence-corrected chi connectivity index (χ3v) is 3.74. The zero-order valence-corrected chi connectivity index (χ0v) is 13.2. The average molecular weight is 346 g/mol. The van der Waals surface area contributed by atoms with Crippen LogP contribution >= 0.6 is 23.2 Å². The first-order valence-corrected chi connectivity index (χ1v) is 6.79. The lowest BCUT2D eigenvalue weighted by atomic mass is 10.1. The van der Waals surface area contributed by atoms with Crippen LogP contribution in [0.5, 0.6) is 0 Å². The zero-order chi connectivity index (χ0) is 14.5. The Morgan fingerprint density at radius 2 is 1.71 bits per heavy atom. The highest BCUT2D eigenvalue weighted by Crippen LogP contribution is 2.25. The van der Waals surface area contributed by atoms with Gasteiger partial charge in [-0.2, -0.15) is 0 Å². The molecule has 112 valence electrons. The summed E-state index contributed by atoms with van der Waals surface area (Å²) in [5.41, 5.74) is 2.22. The highest BCUT2D eigenvalue weighted by Gasteiger charge is 2.04. The van der Waals surface area contributed by atoms with Crippen molar-refractivity contribution in [1.29, 1.82) is 0 Å². The zero-order valence-electron chi connectivity index (χ0n) is 10.9. The van der Waals surface area contributed by atoms with Gasteiger partial charge >= 0.3 is 5.97 Å². The average Bonchev–Trinajstić information content (AvgIpc) is 2.44. The standard InChI is InChI=1S/C15H13Cl2NO2.ClH/c16-13-3-1-2-12(14(13)17)9-18-8-10-4-6-11(7-5-10)15(19)20;/h1-7,18H,8-9H2,(H,19,20);1H/p-1. The summed E-state index contributed by atoms with van der Waals surface area (Å²) >= 11 is 12.0. The van der Waals surface area contributed by atoms with Gasteiger partial charge in [-0.15, -0.1) is 0 Å². The van der Waals surface area contributed by atoms with Gasteiger partial charge in [-0.1, -0.05) is 47.5 Å². The molecule has 0 aromatic heterocycles. The van der Waals surface area contributed by atoms with Crippen LogP contribution in [0.4, 0.5) is 0 Å². The van der Waals surface area contributed by atoms with Gasteiger partial charge in [0.25, 0.3) is 0 Å². The van der Waals surface area contributed by atoms with Gasteiger partial charge in [-0.25, -0.2) is 4.79 Å². The third-order valence-electron chi connectivity index (χ3n) is 2.88. The first-order chi connectivity index (χ1) is 9.58. The van der Waals surface area contributed by atoms with Crippen LogP contribution in [0.25, 0.3) is 0 Å². The molecule has 0 heterocycles. The normalized spacial score (nSPS) is 10.0. The number of halogens is 3. The summed E-state index contributed by atoms with van der Waals surface area (Å²) in [6, 6.07) is 12.3. The number of carboxylic acid groups (broad SMARTS) is 1. The van der Waals surface area contributed by atoms with E-state index in [2.05, 4.69) is 5.32 Å². The van der Waals surface area contributed by atoms with Crippen molar-refractivity contribution in [1.82, 2.24) is 5.32 Å². The molecule has 6 heteroatoms. The molecular formula is C15H13Cl3NO2-. The van der Waals surface area contributed by atoms with E-state index in [1.54, 1.807) is 30.3 Å². The first-order valence-electron chi connectivity index (χ1n) is 6.04. The number of carboxylic acids is 1. The van der Waals surface area contributed by atoms with Crippen LogP contribution in [0.3, 0.4) is 0 Å². The maximum Gasteiger partial charge on any atom is 0.335 e. The molecule has 0 aliphatic carbocycles. The molecule has 2 N–H and O–H groups in total. The Kier molecular flexibility index (Phi) is 6.99. The van der Waals surface area contributed by atoms with Crippen molar-refractivity contribution in [2.45, 2.75) is 13.1 Å². The van der Waals surface area contributed by atoms with Crippen molar-refractivity contribution in [2.24, 2.45) is 0 Å². The first kappa shape index (κ1) is 17.8. The number of nitrogens with one attached hydrogen (secondary N) is 1. The summed E-state index contributed by atoms with van der Waals surface area (Å²) in [5.74, 6) is -0.921. The molecule has 0 aliphatic rings. The number of benzene rings is 2. The highest BCUT2D eigenvalue weighted by atomic mass is 35.5. The molecule has 3 nitrogen and oxygen atoms in total. The molecule has 0 spiro atoms. The molecule has 0 radical (unpaired) electrons. The molecule has 0 aliphatic heterocycles.